The molecule has 1 atom stereocenters. The number of nitrogens with one attached hydrogen (secondary N) is 1. The molecule has 0 aliphatic rings. The molecule has 0 radical (unpaired) electrons. The summed E-state index contributed by atoms with van der Waals surface area (Å²) in [7, 11) is 0. The van der Waals surface area contributed by atoms with Crippen molar-refractivity contribution in [1.29, 1.82) is 0 Å². The van der Waals surface area contributed by atoms with Crippen molar-refractivity contribution in [1.82, 2.24) is 4.98 Å². The van der Waals surface area contributed by atoms with E-state index in [1.165, 1.54) is 25.1 Å². The van der Waals surface area contributed by atoms with Gasteiger partial charge in [0.25, 0.3) is 16.8 Å². The number of nitro benzene ring substituents is 1. The molecule has 0 fully saturated rings. The standard InChI is InChI=1S/C18H15N3O6S/c1-11(17(23)19-12-6-2-4-8-14(12)21(24)25)26-16(22)10-28-18-20-13-7-3-5-9-15(13)27-18/h2-9,11H,10H2,1H3,(H,19,23)/t11-/m1/s1. The summed E-state index contributed by atoms with van der Waals surface area (Å²) in [5.74, 6) is -1.41. The third-order valence-electron chi connectivity index (χ3n) is 3.62. The lowest BCUT2D eigenvalue weighted by molar-refractivity contribution is -0.383. The number of para-hydroxylation sites is 4. The van der Waals surface area contributed by atoms with Crippen molar-refractivity contribution < 1.29 is 23.7 Å². The Morgan fingerprint density at radius 1 is 1.25 bits per heavy atom. The van der Waals surface area contributed by atoms with Crippen LogP contribution in [0.2, 0.25) is 0 Å². The minimum Gasteiger partial charge on any atom is -0.452 e. The number of rotatable bonds is 7. The number of nitro groups is 1. The van der Waals surface area contributed by atoms with Crippen LogP contribution in [0.5, 0.6) is 0 Å². The molecule has 0 unspecified atom stereocenters. The van der Waals surface area contributed by atoms with Gasteiger partial charge in [0, 0.05) is 6.07 Å². The highest BCUT2D eigenvalue weighted by molar-refractivity contribution is 7.99. The Bertz CT molecular complexity index is 1000. The summed E-state index contributed by atoms with van der Waals surface area (Å²) in [6.07, 6.45) is -1.13. The third-order valence-corrected chi connectivity index (χ3v) is 4.43. The molecule has 0 spiro atoms. The Labute approximate surface area is 163 Å². The molecule has 0 aliphatic heterocycles. The molecule has 0 saturated carbocycles. The van der Waals surface area contributed by atoms with Crippen molar-refractivity contribution in [2.75, 3.05) is 11.1 Å². The number of fused-ring (bicyclic) bond motifs is 1. The molecule has 10 heteroatoms. The van der Waals surface area contributed by atoms with E-state index >= 15 is 0 Å². The zero-order valence-corrected chi connectivity index (χ0v) is 15.5. The molecule has 0 saturated heterocycles. The molecule has 144 valence electrons. The number of thioether (sulfide) groups is 1. The van der Waals surface area contributed by atoms with Crippen LogP contribution in [0.25, 0.3) is 11.1 Å². The molecule has 0 aliphatic carbocycles. The quantitative estimate of drug-likeness (QED) is 0.276. The van der Waals surface area contributed by atoms with Gasteiger partial charge < -0.3 is 14.5 Å². The predicted molar refractivity (Wildman–Crippen MR) is 102 cm³/mol. The summed E-state index contributed by atoms with van der Waals surface area (Å²) >= 11 is 1.04. The highest BCUT2D eigenvalue weighted by atomic mass is 32.2. The van der Waals surface area contributed by atoms with E-state index in [-0.39, 0.29) is 17.1 Å². The number of nitrogens with zero attached hydrogens (tertiary/aromatic N) is 2. The van der Waals surface area contributed by atoms with Crippen LogP contribution in [0.1, 0.15) is 6.92 Å². The average Bonchev–Trinajstić information content (AvgIpc) is 3.09. The maximum Gasteiger partial charge on any atom is 0.317 e. The van der Waals surface area contributed by atoms with Crippen molar-refractivity contribution >= 4 is 46.1 Å². The van der Waals surface area contributed by atoms with Gasteiger partial charge in [-0.1, -0.05) is 36.0 Å². The van der Waals surface area contributed by atoms with Crippen molar-refractivity contribution in [2.45, 2.75) is 18.3 Å². The number of aromatic nitrogens is 1. The Morgan fingerprint density at radius 2 is 1.96 bits per heavy atom. The lowest BCUT2D eigenvalue weighted by Crippen LogP contribution is -2.30. The SMILES string of the molecule is C[C@@H](OC(=O)CSc1nc2ccccc2o1)C(=O)Nc1ccccc1[N+](=O)[O-]. The highest BCUT2D eigenvalue weighted by Gasteiger charge is 2.22. The first-order valence-electron chi connectivity index (χ1n) is 8.16. The summed E-state index contributed by atoms with van der Waals surface area (Å²) in [5.41, 5.74) is 1.06. The number of oxazole rings is 1. The van der Waals surface area contributed by atoms with Crippen molar-refractivity contribution in [3.63, 3.8) is 0 Å². The Hall–Kier alpha value is -3.40. The van der Waals surface area contributed by atoms with Crippen LogP contribution in [0.3, 0.4) is 0 Å². The average molecular weight is 401 g/mol. The van der Waals surface area contributed by atoms with Crippen LogP contribution in [0, 0.1) is 10.1 Å². The van der Waals surface area contributed by atoms with Crippen LogP contribution >= 0.6 is 11.8 Å². The molecule has 1 aromatic heterocycles. The maximum atomic E-state index is 12.2. The van der Waals surface area contributed by atoms with Crippen molar-refractivity contribution in [2.24, 2.45) is 0 Å². The smallest absolute Gasteiger partial charge is 0.317 e. The number of esters is 1. The van der Waals surface area contributed by atoms with Gasteiger partial charge in [-0.15, -0.1) is 0 Å². The van der Waals surface area contributed by atoms with Crippen molar-refractivity contribution in [3.8, 4) is 0 Å². The van der Waals surface area contributed by atoms with E-state index in [0.717, 1.165) is 11.8 Å². The fourth-order valence-electron chi connectivity index (χ4n) is 2.29. The van der Waals surface area contributed by atoms with Crippen LogP contribution in [-0.4, -0.2) is 33.6 Å². The van der Waals surface area contributed by atoms with Crippen LogP contribution in [0.15, 0.2) is 58.2 Å². The Balaban J connectivity index is 1.53. The second-order valence-electron chi connectivity index (χ2n) is 5.63. The monoisotopic (exact) mass is 401 g/mol. The molecular weight excluding hydrogens is 386 g/mol. The third kappa shape index (κ3) is 4.65. The minimum atomic E-state index is -1.13. The first kappa shape index (κ1) is 19.4. The highest BCUT2D eigenvalue weighted by Crippen LogP contribution is 2.24. The lowest BCUT2D eigenvalue weighted by Gasteiger charge is -2.13. The van der Waals surface area contributed by atoms with E-state index < -0.39 is 22.9 Å². The first-order chi connectivity index (χ1) is 13.4. The summed E-state index contributed by atoms with van der Waals surface area (Å²) in [6.45, 7) is 1.38. The molecule has 1 amide bonds. The van der Waals surface area contributed by atoms with Gasteiger partial charge in [0.1, 0.15) is 17.0 Å². The Kier molecular flexibility index (Phi) is 5.90. The van der Waals surface area contributed by atoms with Gasteiger partial charge in [-0.3, -0.25) is 19.7 Å². The largest absolute Gasteiger partial charge is 0.452 e. The zero-order valence-electron chi connectivity index (χ0n) is 14.7. The van der Waals surface area contributed by atoms with E-state index in [0.29, 0.717) is 16.3 Å². The fraction of sp³-hybridized carbons (Fsp3) is 0.167. The second-order valence-corrected chi connectivity index (χ2v) is 6.56. The predicted octanol–water partition coefficient (Wildman–Crippen LogP) is 3.40. The number of hydrogen-bond donors (Lipinski definition) is 1. The molecule has 3 aromatic rings. The molecule has 1 heterocycles. The molecular formula is C18H15N3O6S. The molecule has 2 aromatic carbocycles. The topological polar surface area (TPSA) is 125 Å². The normalized spacial score (nSPS) is 11.8. The van der Waals surface area contributed by atoms with E-state index in [1.54, 1.807) is 18.2 Å². The second kappa shape index (κ2) is 8.53. The summed E-state index contributed by atoms with van der Waals surface area (Å²) < 4.78 is 10.6. The van der Waals surface area contributed by atoms with Crippen LogP contribution in [0.4, 0.5) is 11.4 Å². The Morgan fingerprint density at radius 3 is 2.71 bits per heavy atom. The molecule has 1 N–H and O–H groups in total. The van der Waals surface area contributed by atoms with Gasteiger partial charge in [-0.25, -0.2) is 4.98 Å². The van der Waals surface area contributed by atoms with Gasteiger partial charge >= 0.3 is 5.97 Å². The maximum absolute atomic E-state index is 12.2. The van der Waals surface area contributed by atoms with Gasteiger partial charge in [-0.2, -0.15) is 0 Å². The molecule has 3 rings (SSSR count). The summed E-state index contributed by atoms with van der Waals surface area (Å²) in [6, 6.07) is 12.9. The van der Waals surface area contributed by atoms with E-state index in [2.05, 4.69) is 10.3 Å². The van der Waals surface area contributed by atoms with Crippen molar-refractivity contribution in [3.05, 3.63) is 58.6 Å². The summed E-state index contributed by atoms with van der Waals surface area (Å²) in [4.78, 5) is 38.7. The minimum absolute atomic E-state index is 0.0289. The molecule has 0 bridgehead atoms. The number of amides is 1. The number of hydrogen-bond acceptors (Lipinski definition) is 8. The van der Waals surface area contributed by atoms with E-state index in [4.69, 9.17) is 9.15 Å². The number of ether oxygens (including phenoxy) is 1. The van der Waals surface area contributed by atoms with Crippen LogP contribution in [-0.2, 0) is 14.3 Å². The fourth-order valence-corrected chi connectivity index (χ4v) is 2.91. The van der Waals surface area contributed by atoms with Gasteiger partial charge in [0.15, 0.2) is 11.7 Å². The summed E-state index contributed by atoms with van der Waals surface area (Å²) in [5, 5.41) is 13.7. The van der Waals surface area contributed by atoms with E-state index in [9.17, 15) is 19.7 Å². The number of carbonyl (C=O) groups excluding carboxylic acids is 2. The van der Waals surface area contributed by atoms with Gasteiger partial charge in [0.05, 0.1) is 4.92 Å². The first-order valence-corrected chi connectivity index (χ1v) is 9.14. The van der Waals surface area contributed by atoms with Gasteiger partial charge in [0.2, 0.25) is 0 Å². The molecule has 28 heavy (non-hydrogen) atoms. The number of benzene rings is 2. The zero-order chi connectivity index (χ0) is 20.1. The molecule has 9 nitrogen and oxygen atoms in total. The van der Waals surface area contributed by atoms with Gasteiger partial charge in [-0.05, 0) is 25.1 Å². The van der Waals surface area contributed by atoms with Crippen LogP contribution < -0.4 is 5.32 Å². The number of carbonyl (C=O) groups is 2. The van der Waals surface area contributed by atoms with E-state index in [1.807, 2.05) is 12.1 Å². The lowest BCUT2D eigenvalue weighted by atomic mass is 10.2. The number of anilines is 1.